The summed E-state index contributed by atoms with van der Waals surface area (Å²) >= 11 is 0. The van der Waals surface area contributed by atoms with Crippen LogP contribution in [0.15, 0.2) is 60.7 Å². The maximum absolute atomic E-state index is 13.6. The minimum atomic E-state index is -1.06. The fourth-order valence-electron chi connectivity index (χ4n) is 5.66. The molecule has 0 radical (unpaired) electrons. The molecule has 2 aliphatic rings. The molecule has 2 heterocycles. The molecule has 2 fully saturated rings. The van der Waals surface area contributed by atoms with Gasteiger partial charge in [-0.3, -0.25) is 24.0 Å². The van der Waals surface area contributed by atoms with E-state index in [1.54, 1.807) is 4.90 Å². The molecule has 11 heteroatoms. The summed E-state index contributed by atoms with van der Waals surface area (Å²) in [6, 6.07) is 15.3. The van der Waals surface area contributed by atoms with E-state index in [0.29, 0.717) is 25.8 Å². The van der Waals surface area contributed by atoms with Crippen molar-refractivity contribution in [3.05, 3.63) is 71.8 Å². The Morgan fingerprint density at radius 1 is 0.927 bits per heavy atom. The van der Waals surface area contributed by atoms with Crippen molar-refractivity contribution in [2.24, 2.45) is 11.5 Å². The van der Waals surface area contributed by atoms with Crippen LogP contribution in [0.25, 0.3) is 0 Å². The highest BCUT2D eigenvalue weighted by molar-refractivity contribution is 5.94. The lowest BCUT2D eigenvalue weighted by atomic mass is 9.98. The van der Waals surface area contributed by atoms with Gasteiger partial charge in [0.1, 0.15) is 18.1 Å². The SMILES string of the molecule is CC(=O)N1CC[C@H]2CC[C@@H](C(=O)N[C@@H](CCC(N)=O)C(=O)NC(c3ccccc3)c3ccccc3)N2C(=O)[C@@H](N)C1. The maximum Gasteiger partial charge on any atom is 0.243 e. The first kappa shape index (κ1) is 29.7. The highest BCUT2D eigenvalue weighted by Crippen LogP contribution is 2.29. The van der Waals surface area contributed by atoms with Crippen molar-refractivity contribution < 1.29 is 24.0 Å². The molecule has 218 valence electrons. The van der Waals surface area contributed by atoms with Crippen molar-refractivity contribution >= 4 is 29.5 Å². The lowest BCUT2D eigenvalue weighted by Crippen LogP contribution is -2.60. The van der Waals surface area contributed by atoms with Crippen molar-refractivity contribution in [2.75, 3.05) is 13.1 Å². The van der Waals surface area contributed by atoms with E-state index in [9.17, 15) is 24.0 Å². The number of benzene rings is 2. The molecule has 6 N–H and O–H groups in total. The van der Waals surface area contributed by atoms with Gasteiger partial charge >= 0.3 is 0 Å². The number of nitrogens with zero attached hydrogens (tertiary/aromatic N) is 2. The van der Waals surface area contributed by atoms with Gasteiger partial charge in [-0.1, -0.05) is 60.7 Å². The van der Waals surface area contributed by atoms with E-state index < -0.39 is 47.8 Å². The number of amides is 5. The average Bonchev–Trinajstić information content (AvgIpc) is 3.39. The van der Waals surface area contributed by atoms with E-state index in [1.807, 2.05) is 60.7 Å². The van der Waals surface area contributed by atoms with Crippen LogP contribution in [0.2, 0.25) is 0 Å². The molecule has 4 rings (SSSR count). The number of hydrogen-bond donors (Lipinski definition) is 4. The molecule has 11 nitrogen and oxygen atoms in total. The molecular formula is C30H38N6O5. The first-order chi connectivity index (χ1) is 19.7. The molecule has 0 spiro atoms. The summed E-state index contributed by atoms with van der Waals surface area (Å²) in [5, 5.41) is 5.83. The standard InChI is InChI=1S/C30H38N6O5/c1-19(37)35-17-16-22-12-14-25(36(22)30(41)23(31)18-35)29(40)33-24(13-15-26(32)38)28(39)34-27(20-8-4-2-5-9-20)21-10-6-3-7-11-21/h2-11,22-25,27H,12-18,31H2,1H3,(H2,32,38)(H,33,40)(H,34,39)/t22-,23+,24+,25+/m1/s1. The van der Waals surface area contributed by atoms with Crippen LogP contribution < -0.4 is 22.1 Å². The Bertz CT molecular complexity index is 1220. The average molecular weight is 563 g/mol. The number of fused-ring (bicyclic) bond motifs is 1. The molecule has 41 heavy (non-hydrogen) atoms. The highest BCUT2D eigenvalue weighted by Gasteiger charge is 2.44. The molecule has 0 aromatic heterocycles. The Kier molecular flexibility index (Phi) is 9.72. The molecule has 2 aromatic rings. The number of primary amides is 1. The summed E-state index contributed by atoms with van der Waals surface area (Å²) in [6.45, 7) is 1.96. The molecule has 4 atom stereocenters. The van der Waals surface area contributed by atoms with Gasteiger partial charge in [0.25, 0.3) is 0 Å². The Labute approximate surface area is 239 Å². The van der Waals surface area contributed by atoms with Crippen molar-refractivity contribution in [3.8, 4) is 0 Å². The quantitative estimate of drug-likeness (QED) is 0.349. The Morgan fingerprint density at radius 3 is 2.10 bits per heavy atom. The van der Waals surface area contributed by atoms with Crippen LogP contribution in [0.5, 0.6) is 0 Å². The number of hydrogen-bond acceptors (Lipinski definition) is 6. The summed E-state index contributed by atoms with van der Waals surface area (Å²) in [7, 11) is 0. The van der Waals surface area contributed by atoms with Crippen LogP contribution in [0.3, 0.4) is 0 Å². The first-order valence-electron chi connectivity index (χ1n) is 14.0. The topological polar surface area (TPSA) is 168 Å². The van der Waals surface area contributed by atoms with Gasteiger partial charge < -0.3 is 31.9 Å². The highest BCUT2D eigenvalue weighted by atomic mass is 16.2. The van der Waals surface area contributed by atoms with Gasteiger partial charge in [0.15, 0.2) is 0 Å². The molecule has 0 aliphatic carbocycles. The zero-order valence-electron chi connectivity index (χ0n) is 23.2. The van der Waals surface area contributed by atoms with Crippen molar-refractivity contribution in [2.45, 2.75) is 69.2 Å². The van der Waals surface area contributed by atoms with Gasteiger partial charge in [-0.15, -0.1) is 0 Å². The smallest absolute Gasteiger partial charge is 0.243 e. The zero-order valence-corrected chi connectivity index (χ0v) is 23.2. The van der Waals surface area contributed by atoms with E-state index in [-0.39, 0.29) is 31.3 Å². The van der Waals surface area contributed by atoms with E-state index in [4.69, 9.17) is 11.5 Å². The minimum absolute atomic E-state index is 0.000383. The van der Waals surface area contributed by atoms with E-state index >= 15 is 0 Å². The van der Waals surface area contributed by atoms with Gasteiger partial charge in [0.05, 0.1) is 6.04 Å². The third-order valence-corrected chi connectivity index (χ3v) is 7.84. The third-order valence-electron chi connectivity index (χ3n) is 7.84. The van der Waals surface area contributed by atoms with E-state index in [1.165, 1.54) is 11.8 Å². The number of carbonyl (C=O) groups is 5. The van der Waals surface area contributed by atoms with Crippen LogP contribution in [-0.4, -0.2) is 76.6 Å². The van der Waals surface area contributed by atoms with Crippen LogP contribution in [0.4, 0.5) is 0 Å². The Balaban J connectivity index is 1.53. The van der Waals surface area contributed by atoms with E-state index in [0.717, 1.165) is 11.1 Å². The molecule has 5 amide bonds. The largest absolute Gasteiger partial charge is 0.370 e. The van der Waals surface area contributed by atoms with Gasteiger partial charge in [0.2, 0.25) is 29.5 Å². The van der Waals surface area contributed by atoms with Crippen LogP contribution in [-0.2, 0) is 24.0 Å². The lowest BCUT2D eigenvalue weighted by molar-refractivity contribution is -0.144. The monoisotopic (exact) mass is 562 g/mol. The molecule has 0 bridgehead atoms. The molecule has 0 saturated carbocycles. The second kappa shape index (κ2) is 13.4. The van der Waals surface area contributed by atoms with Crippen LogP contribution in [0, 0.1) is 0 Å². The van der Waals surface area contributed by atoms with Crippen molar-refractivity contribution in [1.29, 1.82) is 0 Å². The number of nitrogens with two attached hydrogens (primary N) is 2. The van der Waals surface area contributed by atoms with Gasteiger partial charge in [-0.25, -0.2) is 0 Å². The fourth-order valence-corrected chi connectivity index (χ4v) is 5.66. The Morgan fingerprint density at radius 2 is 1.54 bits per heavy atom. The second-order valence-electron chi connectivity index (χ2n) is 10.7. The van der Waals surface area contributed by atoms with E-state index in [2.05, 4.69) is 10.6 Å². The first-order valence-corrected chi connectivity index (χ1v) is 14.0. The van der Waals surface area contributed by atoms with Crippen molar-refractivity contribution in [1.82, 2.24) is 20.4 Å². The lowest BCUT2D eigenvalue weighted by Gasteiger charge is -2.37. The second-order valence-corrected chi connectivity index (χ2v) is 10.7. The number of rotatable bonds is 9. The normalized spacial score (nSPS) is 21.4. The molecule has 2 aromatic carbocycles. The molecular weight excluding hydrogens is 524 g/mol. The minimum Gasteiger partial charge on any atom is -0.370 e. The predicted molar refractivity (Wildman–Crippen MR) is 152 cm³/mol. The van der Waals surface area contributed by atoms with Crippen molar-refractivity contribution in [3.63, 3.8) is 0 Å². The summed E-state index contributed by atoms with van der Waals surface area (Å²) in [6.07, 6.45) is 1.39. The number of carbonyl (C=O) groups excluding carboxylic acids is 5. The maximum atomic E-state index is 13.6. The predicted octanol–water partition coefficient (Wildman–Crippen LogP) is 0.582. The molecule has 2 aliphatic heterocycles. The summed E-state index contributed by atoms with van der Waals surface area (Å²) in [4.78, 5) is 67.2. The summed E-state index contributed by atoms with van der Waals surface area (Å²) in [5.74, 6) is -2.11. The zero-order chi connectivity index (χ0) is 29.5. The van der Waals surface area contributed by atoms with Gasteiger partial charge in [-0.2, -0.15) is 0 Å². The van der Waals surface area contributed by atoms with Gasteiger partial charge in [0, 0.05) is 32.5 Å². The molecule has 2 saturated heterocycles. The number of nitrogens with one attached hydrogen (secondary N) is 2. The summed E-state index contributed by atoms with van der Waals surface area (Å²) in [5.41, 5.74) is 13.2. The van der Waals surface area contributed by atoms with Crippen LogP contribution in [0.1, 0.15) is 56.2 Å². The summed E-state index contributed by atoms with van der Waals surface area (Å²) < 4.78 is 0. The molecule has 0 unspecified atom stereocenters. The Hall–Kier alpha value is -4.25. The third kappa shape index (κ3) is 7.29. The fraction of sp³-hybridized carbons (Fsp3) is 0.433. The van der Waals surface area contributed by atoms with Gasteiger partial charge in [-0.05, 0) is 36.8 Å². The van der Waals surface area contributed by atoms with Crippen LogP contribution >= 0.6 is 0 Å².